The summed E-state index contributed by atoms with van der Waals surface area (Å²) < 4.78 is 7.36. The fraction of sp³-hybridized carbons (Fsp3) is 0.375. The summed E-state index contributed by atoms with van der Waals surface area (Å²) >= 11 is 0. The quantitative estimate of drug-likeness (QED) is 0.918. The van der Waals surface area contributed by atoms with Crippen molar-refractivity contribution in [3.05, 3.63) is 47.3 Å². The van der Waals surface area contributed by atoms with Gasteiger partial charge in [-0.15, -0.1) is 0 Å². The number of aromatic nitrogens is 2. The van der Waals surface area contributed by atoms with E-state index in [9.17, 15) is 4.79 Å². The molecule has 2 aromatic rings. The molecule has 0 unspecified atom stereocenters. The van der Waals surface area contributed by atoms with E-state index in [2.05, 4.69) is 23.4 Å². The molecular formula is C16H19N3O2. The molecule has 110 valence electrons. The molecule has 0 aliphatic heterocycles. The summed E-state index contributed by atoms with van der Waals surface area (Å²) in [5.41, 5.74) is 2.73. The Hall–Kier alpha value is -2.30. The number of nitrogens with zero attached hydrogens (tertiary/aromatic N) is 2. The van der Waals surface area contributed by atoms with E-state index in [0.717, 1.165) is 24.2 Å². The summed E-state index contributed by atoms with van der Waals surface area (Å²) in [6.45, 7) is 4.36. The number of hydrogen-bond donors (Lipinski definition) is 1. The second kappa shape index (κ2) is 5.60. The smallest absolute Gasteiger partial charge is 0.271 e. The summed E-state index contributed by atoms with van der Waals surface area (Å²) in [4.78, 5) is 11.8. The third kappa shape index (κ3) is 3.42. The topological polar surface area (TPSA) is 56.1 Å². The van der Waals surface area contributed by atoms with Crippen LogP contribution in [0.1, 0.15) is 34.5 Å². The normalized spacial score (nSPS) is 14.0. The highest BCUT2D eigenvalue weighted by molar-refractivity contribution is 5.92. The summed E-state index contributed by atoms with van der Waals surface area (Å²) in [6, 6.07) is 8.10. The van der Waals surface area contributed by atoms with Crippen molar-refractivity contribution in [3.8, 4) is 5.75 Å². The summed E-state index contributed by atoms with van der Waals surface area (Å²) in [7, 11) is 0. The van der Waals surface area contributed by atoms with E-state index in [1.54, 1.807) is 16.9 Å². The maximum atomic E-state index is 11.8. The van der Waals surface area contributed by atoms with Crippen LogP contribution in [0.2, 0.25) is 0 Å². The average molecular weight is 285 g/mol. The van der Waals surface area contributed by atoms with Crippen molar-refractivity contribution in [2.24, 2.45) is 0 Å². The highest BCUT2D eigenvalue weighted by Gasteiger charge is 2.24. The van der Waals surface area contributed by atoms with Crippen LogP contribution in [-0.4, -0.2) is 21.7 Å². The Labute approximate surface area is 123 Å². The molecule has 1 aromatic heterocycles. The largest absolute Gasteiger partial charge is 0.471 e. The van der Waals surface area contributed by atoms with Crippen molar-refractivity contribution in [1.29, 1.82) is 0 Å². The minimum absolute atomic E-state index is 0.109. The molecular weight excluding hydrogens is 266 g/mol. The molecule has 1 aliphatic carbocycles. The van der Waals surface area contributed by atoms with Crippen molar-refractivity contribution >= 4 is 5.91 Å². The lowest BCUT2D eigenvalue weighted by molar-refractivity contribution is 0.0944. The van der Waals surface area contributed by atoms with E-state index >= 15 is 0 Å². The molecule has 1 aliphatic rings. The first-order valence-electron chi connectivity index (χ1n) is 7.16. The standard InChI is InChI=1S/C16H19N3O2/c1-11-3-6-15(12(2)9-11)21-10-19-8-7-14(18-19)16(20)17-13-4-5-13/h3,6-9,13H,4-5,10H2,1-2H3,(H,17,20). The zero-order valence-corrected chi connectivity index (χ0v) is 12.3. The molecule has 0 bridgehead atoms. The lowest BCUT2D eigenvalue weighted by Crippen LogP contribution is -2.26. The first kappa shape index (κ1) is 13.7. The fourth-order valence-electron chi connectivity index (χ4n) is 2.14. The Morgan fingerprint density at radius 3 is 2.90 bits per heavy atom. The average Bonchev–Trinajstić information content (AvgIpc) is 3.13. The van der Waals surface area contributed by atoms with E-state index in [4.69, 9.17) is 4.74 Å². The molecule has 0 saturated heterocycles. The second-order valence-electron chi connectivity index (χ2n) is 5.53. The van der Waals surface area contributed by atoms with Crippen molar-refractivity contribution in [2.75, 3.05) is 0 Å². The SMILES string of the molecule is Cc1ccc(OCn2ccc(C(=O)NC3CC3)n2)c(C)c1. The molecule has 1 N–H and O–H groups in total. The van der Waals surface area contributed by atoms with Gasteiger partial charge in [-0.1, -0.05) is 17.7 Å². The van der Waals surface area contributed by atoms with Gasteiger partial charge in [0.2, 0.25) is 0 Å². The van der Waals surface area contributed by atoms with Crippen LogP contribution < -0.4 is 10.1 Å². The molecule has 0 radical (unpaired) electrons. The molecule has 1 heterocycles. The van der Waals surface area contributed by atoms with Gasteiger partial charge < -0.3 is 10.1 Å². The molecule has 1 aromatic carbocycles. The fourth-order valence-corrected chi connectivity index (χ4v) is 2.14. The Morgan fingerprint density at radius 2 is 2.19 bits per heavy atom. The number of carbonyl (C=O) groups excluding carboxylic acids is 1. The van der Waals surface area contributed by atoms with E-state index < -0.39 is 0 Å². The van der Waals surface area contributed by atoms with Gasteiger partial charge in [-0.25, -0.2) is 4.68 Å². The zero-order valence-electron chi connectivity index (χ0n) is 12.3. The van der Waals surface area contributed by atoms with Crippen LogP contribution in [0.3, 0.4) is 0 Å². The van der Waals surface area contributed by atoms with Gasteiger partial charge in [0, 0.05) is 12.2 Å². The lowest BCUT2D eigenvalue weighted by atomic mass is 10.1. The van der Waals surface area contributed by atoms with Crippen LogP contribution in [0, 0.1) is 13.8 Å². The number of hydrogen-bond acceptors (Lipinski definition) is 3. The van der Waals surface area contributed by atoms with Crippen molar-refractivity contribution in [2.45, 2.75) is 39.5 Å². The van der Waals surface area contributed by atoms with Crippen LogP contribution in [0.25, 0.3) is 0 Å². The Morgan fingerprint density at radius 1 is 1.38 bits per heavy atom. The van der Waals surface area contributed by atoms with Crippen LogP contribution in [0.15, 0.2) is 30.5 Å². The number of carbonyl (C=O) groups is 1. The summed E-state index contributed by atoms with van der Waals surface area (Å²) in [5, 5.41) is 7.15. The molecule has 1 amide bonds. The predicted octanol–water partition coefficient (Wildman–Crippen LogP) is 2.43. The maximum absolute atomic E-state index is 11.8. The first-order chi connectivity index (χ1) is 10.1. The van der Waals surface area contributed by atoms with Gasteiger partial charge in [0.1, 0.15) is 11.4 Å². The van der Waals surface area contributed by atoms with Gasteiger partial charge in [-0.2, -0.15) is 5.10 Å². The summed E-state index contributed by atoms with van der Waals surface area (Å²) in [5.74, 6) is 0.725. The number of amides is 1. The number of nitrogens with one attached hydrogen (secondary N) is 1. The second-order valence-corrected chi connectivity index (χ2v) is 5.53. The van der Waals surface area contributed by atoms with E-state index in [1.807, 2.05) is 19.1 Å². The first-order valence-corrected chi connectivity index (χ1v) is 7.16. The Bertz CT molecular complexity index is 659. The molecule has 1 fully saturated rings. The third-order valence-corrected chi connectivity index (χ3v) is 3.47. The van der Waals surface area contributed by atoms with Gasteiger partial charge in [0.15, 0.2) is 6.73 Å². The molecule has 0 spiro atoms. The van der Waals surface area contributed by atoms with Gasteiger partial charge in [0.05, 0.1) is 0 Å². The van der Waals surface area contributed by atoms with Crippen molar-refractivity contribution in [3.63, 3.8) is 0 Å². The number of rotatable bonds is 5. The Kier molecular flexibility index (Phi) is 3.64. The monoisotopic (exact) mass is 285 g/mol. The van der Waals surface area contributed by atoms with Crippen LogP contribution >= 0.6 is 0 Å². The highest BCUT2D eigenvalue weighted by Crippen LogP contribution is 2.20. The lowest BCUT2D eigenvalue weighted by Gasteiger charge is -2.09. The number of aryl methyl sites for hydroxylation is 2. The third-order valence-electron chi connectivity index (χ3n) is 3.47. The Balaban J connectivity index is 1.60. The molecule has 21 heavy (non-hydrogen) atoms. The van der Waals surface area contributed by atoms with Gasteiger partial charge in [0.25, 0.3) is 5.91 Å². The van der Waals surface area contributed by atoms with Gasteiger partial charge >= 0.3 is 0 Å². The number of benzene rings is 1. The zero-order chi connectivity index (χ0) is 14.8. The summed E-state index contributed by atoms with van der Waals surface area (Å²) in [6.07, 6.45) is 3.90. The van der Waals surface area contributed by atoms with Gasteiger partial charge in [-0.05, 0) is 44.4 Å². The van der Waals surface area contributed by atoms with E-state index in [1.165, 1.54) is 5.56 Å². The van der Waals surface area contributed by atoms with Gasteiger partial charge in [-0.3, -0.25) is 4.79 Å². The predicted molar refractivity (Wildman–Crippen MR) is 79.3 cm³/mol. The molecule has 0 atom stereocenters. The molecule has 3 rings (SSSR count). The van der Waals surface area contributed by atoms with Crippen molar-refractivity contribution in [1.82, 2.24) is 15.1 Å². The van der Waals surface area contributed by atoms with E-state index in [0.29, 0.717) is 18.5 Å². The molecule has 5 nitrogen and oxygen atoms in total. The molecule has 5 heteroatoms. The van der Waals surface area contributed by atoms with Crippen LogP contribution in [0.4, 0.5) is 0 Å². The number of ether oxygens (including phenoxy) is 1. The highest BCUT2D eigenvalue weighted by atomic mass is 16.5. The minimum Gasteiger partial charge on any atom is -0.471 e. The maximum Gasteiger partial charge on any atom is 0.271 e. The van der Waals surface area contributed by atoms with Crippen LogP contribution in [0.5, 0.6) is 5.75 Å². The van der Waals surface area contributed by atoms with Crippen molar-refractivity contribution < 1.29 is 9.53 Å². The molecule has 1 saturated carbocycles. The van der Waals surface area contributed by atoms with E-state index in [-0.39, 0.29) is 5.91 Å². The minimum atomic E-state index is -0.109. The van der Waals surface area contributed by atoms with Crippen LogP contribution in [-0.2, 0) is 6.73 Å².